The molecular formula is C10H17N3O. The van der Waals surface area contributed by atoms with Crippen LogP contribution < -0.4 is 11.1 Å². The van der Waals surface area contributed by atoms with Crippen LogP contribution in [0.5, 0.6) is 0 Å². The van der Waals surface area contributed by atoms with Gasteiger partial charge >= 0.3 is 0 Å². The number of aliphatic hydroxyl groups excluding tert-OH is 1. The van der Waals surface area contributed by atoms with Crippen molar-refractivity contribution in [2.24, 2.45) is 0 Å². The molecule has 1 aromatic rings. The van der Waals surface area contributed by atoms with Crippen LogP contribution in [0.15, 0.2) is 12.3 Å². The summed E-state index contributed by atoms with van der Waals surface area (Å²) in [6.07, 6.45) is 1.26. The number of hydrogen-bond acceptors (Lipinski definition) is 4. The van der Waals surface area contributed by atoms with Crippen molar-refractivity contribution in [2.75, 3.05) is 11.1 Å². The van der Waals surface area contributed by atoms with E-state index in [-0.39, 0.29) is 6.04 Å². The molecule has 0 aliphatic rings. The normalized spacial score (nSPS) is 14.9. The van der Waals surface area contributed by atoms with Crippen LogP contribution >= 0.6 is 0 Å². The smallest absolute Gasteiger partial charge is 0.149 e. The zero-order chi connectivity index (χ0) is 10.7. The molecule has 4 nitrogen and oxygen atoms in total. The van der Waals surface area contributed by atoms with E-state index in [0.717, 1.165) is 5.56 Å². The average molecular weight is 195 g/mol. The molecule has 0 radical (unpaired) electrons. The van der Waals surface area contributed by atoms with E-state index in [2.05, 4.69) is 10.3 Å². The summed E-state index contributed by atoms with van der Waals surface area (Å²) in [7, 11) is 0. The number of hydrogen-bond donors (Lipinski definition) is 3. The zero-order valence-corrected chi connectivity index (χ0v) is 8.78. The summed E-state index contributed by atoms with van der Waals surface area (Å²) in [5, 5.41) is 12.4. The quantitative estimate of drug-likeness (QED) is 0.676. The van der Waals surface area contributed by atoms with Crippen molar-refractivity contribution in [2.45, 2.75) is 32.9 Å². The fourth-order valence-corrected chi connectivity index (χ4v) is 1.02. The van der Waals surface area contributed by atoms with Gasteiger partial charge in [0.15, 0.2) is 0 Å². The lowest BCUT2D eigenvalue weighted by Crippen LogP contribution is -2.28. The van der Waals surface area contributed by atoms with Crippen LogP contribution in [0.25, 0.3) is 0 Å². The third-order valence-corrected chi connectivity index (χ3v) is 2.30. The largest absolute Gasteiger partial charge is 0.396 e. The number of nitrogens with two attached hydrogens (primary N) is 1. The third-order valence-electron chi connectivity index (χ3n) is 2.30. The van der Waals surface area contributed by atoms with Gasteiger partial charge in [0, 0.05) is 6.20 Å². The summed E-state index contributed by atoms with van der Waals surface area (Å²) in [6.45, 7) is 5.53. The number of aliphatic hydroxyl groups is 1. The Hall–Kier alpha value is -1.29. The molecular weight excluding hydrogens is 178 g/mol. The molecule has 0 aliphatic heterocycles. The number of nitrogens with zero attached hydrogens (tertiary/aromatic N) is 1. The second-order valence-electron chi connectivity index (χ2n) is 3.56. The molecule has 1 aromatic heterocycles. The standard InChI is InChI=1S/C10H17N3O/c1-6-4-5-12-10(9(6)11)13-7(2)8(3)14/h4-5,7-8,14H,11H2,1-3H3,(H,12,13). The highest BCUT2D eigenvalue weighted by Gasteiger charge is 2.11. The van der Waals surface area contributed by atoms with Gasteiger partial charge in [0.05, 0.1) is 17.8 Å². The first-order chi connectivity index (χ1) is 6.52. The van der Waals surface area contributed by atoms with Crippen LogP contribution in [-0.2, 0) is 0 Å². The highest BCUT2D eigenvalue weighted by Crippen LogP contribution is 2.19. The lowest BCUT2D eigenvalue weighted by molar-refractivity contribution is 0.177. The van der Waals surface area contributed by atoms with Gasteiger partial charge in [-0.15, -0.1) is 0 Å². The topological polar surface area (TPSA) is 71.2 Å². The first-order valence-electron chi connectivity index (χ1n) is 4.68. The van der Waals surface area contributed by atoms with E-state index < -0.39 is 6.10 Å². The number of anilines is 2. The van der Waals surface area contributed by atoms with E-state index in [0.29, 0.717) is 11.5 Å². The number of rotatable bonds is 3. The molecule has 2 unspecified atom stereocenters. The predicted molar refractivity (Wildman–Crippen MR) is 58.2 cm³/mol. The summed E-state index contributed by atoms with van der Waals surface area (Å²) < 4.78 is 0. The third kappa shape index (κ3) is 2.35. The average Bonchev–Trinajstić information content (AvgIpc) is 2.12. The molecule has 14 heavy (non-hydrogen) atoms. The van der Waals surface area contributed by atoms with Crippen molar-refractivity contribution >= 4 is 11.5 Å². The summed E-state index contributed by atoms with van der Waals surface area (Å²) in [4.78, 5) is 4.11. The minimum atomic E-state index is -0.434. The molecule has 1 heterocycles. The molecule has 0 aliphatic carbocycles. The maximum absolute atomic E-state index is 9.31. The zero-order valence-electron chi connectivity index (χ0n) is 8.78. The van der Waals surface area contributed by atoms with E-state index in [1.807, 2.05) is 19.9 Å². The summed E-state index contributed by atoms with van der Waals surface area (Å²) in [6, 6.07) is 1.79. The number of nitrogen functional groups attached to an aromatic ring is 1. The molecule has 0 saturated heterocycles. The Morgan fingerprint density at radius 3 is 2.71 bits per heavy atom. The minimum absolute atomic E-state index is 0.0633. The molecule has 1 rings (SSSR count). The van der Waals surface area contributed by atoms with E-state index >= 15 is 0 Å². The van der Waals surface area contributed by atoms with Gasteiger partial charge < -0.3 is 16.2 Å². The van der Waals surface area contributed by atoms with Crippen LogP contribution in [0.4, 0.5) is 11.5 Å². The van der Waals surface area contributed by atoms with Gasteiger partial charge in [0.1, 0.15) is 5.82 Å². The van der Waals surface area contributed by atoms with Crippen LogP contribution in [0.2, 0.25) is 0 Å². The van der Waals surface area contributed by atoms with Crippen LogP contribution in [-0.4, -0.2) is 22.2 Å². The van der Waals surface area contributed by atoms with Crippen molar-refractivity contribution in [3.05, 3.63) is 17.8 Å². The Kier molecular flexibility index (Phi) is 3.30. The summed E-state index contributed by atoms with van der Waals surface area (Å²) in [5.74, 6) is 0.637. The number of nitrogens with one attached hydrogen (secondary N) is 1. The second kappa shape index (κ2) is 4.28. The van der Waals surface area contributed by atoms with Gasteiger partial charge in [-0.05, 0) is 32.4 Å². The summed E-state index contributed by atoms with van der Waals surface area (Å²) in [5.41, 5.74) is 7.45. The highest BCUT2D eigenvalue weighted by atomic mass is 16.3. The Balaban J connectivity index is 2.82. The first kappa shape index (κ1) is 10.8. The molecule has 0 bridgehead atoms. The Bertz CT molecular complexity index is 312. The van der Waals surface area contributed by atoms with Crippen LogP contribution in [0.1, 0.15) is 19.4 Å². The SMILES string of the molecule is Cc1ccnc(NC(C)C(C)O)c1N. The maximum atomic E-state index is 9.31. The molecule has 0 amide bonds. The second-order valence-corrected chi connectivity index (χ2v) is 3.56. The van der Waals surface area contributed by atoms with E-state index in [1.54, 1.807) is 13.1 Å². The van der Waals surface area contributed by atoms with E-state index in [4.69, 9.17) is 5.73 Å². The predicted octanol–water partition coefficient (Wildman–Crippen LogP) is 1.15. The Morgan fingerprint density at radius 1 is 1.50 bits per heavy atom. The minimum Gasteiger partial charge on any atom is -0.396 e. The first-order valence-corrected chi connectivity index (χ1v) is 4.68. The molecule has 0 saturated carbocycles. The number of aromatic nitrogens is 1. The van der Waals surface area contributed by atoms with Crippen molar-refractivity contribution in [1.82, 2.24) is 4.98 Å². The van der Waals surface area contributed by atoms with Gasteiger partial charge in [0.2, 0.25) is 0 Å². The van der Waals surface area contributed by atoms with Crippen LogP contribution in [0.3, 0.4) is 0 Å². The van der Waals surface area contributed by atoms with E-state index in [1.165, 1.54) is 0 Å². The number of pyridine rings is 1. The van der Waals surface area contributed by atoms with Gasteiger partial charge in [0.25, 0.3) is 0 Å². The number of aryl methyl sites for hydroxylation is 1. The highest BCUT2D eigenvalue weighted by molar-refractivity contribution is 5.65. The fraction of sp³-hybridized carbons (Fsp3) is 0.500. The maximum Gasteiger partial charge on any atom is 0.149 e. The van der Waals surface area contributed by atoms with Gasteiger partial charge in [-0.25, -0.2) is 4.98 Å². The molecule has 0 spiro atoms. The molecule has 2 atom stereocenters. The molecule has 0 fully saturated rings. The van der Waals surface area contributed by atoms with Crippen molar-refractivity contribution in [3.8, 4) is 0 Å². The van der Waals surface area contributed by atoms with Crippen LogP contribution in [0, 0.1) is 6.92 Å². The van der Waals surface area contributed by atoms with Gasteiger partial charge in [-0.1, -0.05) is 0 Å². The van der Waals surface area contributed by atoms with Gasteiger partial charge in [-0.2, -0.15) is 0 Å². The van der Waals surface area contributed by atoms with Crippen molar-refractivity contribution in [1.29, 1.82) is 0 Å². The summed E-state index contributed by atoms with van der Waals surface area (Å²) >= 11 is 0. The lowest BCUT2D eigenvalue weighted by atomic mass is 10.2. The van der Waals surface area contributed by atoms with Crippen molar-refractivity contribution in [3.63, 3.8) is 0 Å². The molecule has 4 N–H and O–H groups in total. The monoisotopic (exact) mass is 195 g/mol. The fourth-order valence-electron chi connectivity index (χ4n) is 1.02. The molecule has 0 aromatic carbocycles. The van der Waals surface area contributed by atoms with Crippen molar-refractivity contribution < 1.29 is 5.11 Å². The lowest BCUT2D eigenvalue weighted by Gasteiger charge is -2.18. The molecule has 4 heteroatoms. The Labute approximate surface area is 84.2 Å². The molecule has 78 valence electrons. The van der Waals surface area contributed by atoms with E-state index in [9.17, 15) is 5.11 Å². The van der Waals surface area contributed by atoms with Gasteiger partial charge in [-0.3, -0.25) is 0 Å². The Morgan fingerprint density at radius 2 is 2.14 bits per heavy atom.